The number of carboxylic acid groups (broad SMARTS) is 1. The fourth-order valence-corrected chi connectivity index (χ4v) is 1.81. The molecular formula is C13H21N3O2. The molecule has 0 aliphatic heterocycles. The minimum absolute atomic E-state index is 0.209. The Bertz CT molecular complexity index is 419. The second-order valence-electron chi connectivity index (χ2n) is 4.70. The summed E-state index contributed by atoms with van der Waals surface area (Å²) in [5.74, 6) is -0.295. The van der Waals surface area contributed by atoms with Gasteiger partial charge in [0.2, 0.25) is 0 Å². The van der Waals surface area contributed by atoms with Crippen LogP contribution in [0.3, 0.4) is 0 Å². The van der Waals surface area contributed by atoms with Gasteiger partial charge in [0, 0.05) is 18.3 Å². The molecule has 0 fully saturated rings. The molecule has 0 aliphatic carbocycles. The zero-order valence-electron chi connectivity index (χ0n) is 11.4. The minimum atomic E-state index is -0.921. The van der Waals surface area contributed by atoms with E-state index in [1.54, 1.807) is 12.1 Å². The van der Waals surface area contributed by atoms with Gasteiger partial charge in [0.15, 0.2) is 0 Å². The number of hydrogen-bond donors (Lipinski definition) is 2. The van der Waals surface area contributed by atoms with Crippen molar-refractivity contribution in [3.63, 3.8) is 0 Å². The lowest BCUT2D eigenvalue weighted by Crippen LogP contribution is -2.30. The van der Waals surface area contributed by atoms with Crippen molar-refractivity contribution in [3.05, 3.63) is 23.4 Å². The summed E-state index contributed by atoms with van der Waals surface area (Å²) in [4.78, 5) is 17.5. The third-order valence-corrected chi connectivity index (χ3v) is 2.52. The average molecular weight is 251 g/mol. The maximum Gasteiger partial charge on any atom is 0.335 e. The van der Waals surface area contributed by atoms with Crippen molar-refractivity contribution in [2.24, 2.45) is 0 Å². The topological polar surface area (TPSA) is 65.5 Å². The number of nitrogens with zero attached hydrogens (tertiary/aromatic N) is 2. The Morgan fingerprint density at radius 1 is 1.50 bits per heavy atom. The van der Waals surface area contributed by atoms with Gasteiger partial charge in [-0.15, -0.1) is 0 Å². The van der Waals surface area contributed by atoms with Gasteiger partial charge in [0.1, 0.15) is 5.82 Å². The van der Waals surface area contributed by atoms with Crippen LogP contribution in [-0.2, 0) is 6.42 Å². The standard InChI is InChI=1S/C13H21N3O2/c1-5-11-6-10(13(17)18)7-12(15-11)14-9(2)8-16(3)4/h6-7,9H,5,8H2,1-4H3,(H,14,15)(H,17,18). The SMILES string of the molecule is CCc1cc(C(=O)O)cc(NC(C)CN(C)C)n1. The van der Waals surface area contributed by atoms with Crippen molar-refractivity contribution >= 4 is 11.8 Å². The lowest BCUT2D eigenvalue weighted by Gasteiger charge is -2.19. The molecule has 5 heteroatoms. The fraction of sp³-hybridized carbons (Fsp3) is 0.538. The number of aromatic carboxylic acids is 1. The van der Waals surface area contributed by atoms with Gasteiger partial charge in [-0.2, -0.15) is 0 Å². The molecule has 1 rings (SSSR count). The fourth-order valence-electron chi connectivity index (χ4n) is 1.81. The summed E-state index contributed by atoms with van der Waals surface area (Å²) in [7, 11) is 3.99. The lowest BCUT2D eigenvalue weighted by molar-refractivity contribution is 0.0696. The van der Waals surface area contributed by atoms with E-state index in [0.29, 0.717) is 5.82 Å². The predicted molar refractivity (Wildman–Crippen MR) is 72.2 cm³/mol. The van der Waals surface area contributed by atoms with E-state index in [4.69, 9.17) is 5.11 Å². The first kappa shape index (κ1) is 14.4. The summed E-state index contributed by atoms with van der Waals surface area (Å²) < 4.78 is 0. The highest BCUT2D eigenvalue weighted by molar-refractivity contribution is 5.88. The van der Waals surface area contributed by atoms with Gasteiger partial charge >= 0.3 is 5.97 Å². The predicted octanol–water partition coefficient (Wildman–Crippen LogP) is 1.70. The molecule has 0 aliphatic rings. The van der Waals surface area contributed by atoms with E-state index >= 15 is 0 Å². The van der Waals surface area contributed by atoms with Gasteiger partial charge in [-0.25, -0.2) is 9.78 Å². The highest BCUT2D eigenvalue weighted by Gasteiger charge is 2.10. The molecule has 0 amide bonds. The highest BCUT2D eigenvalue weighted by Crippen LogP contribution is 2.12. The Kier molecular flexibility index (Phi) is 5.09. The average Bonchev–Trinajstić information content (AvgIpc) is 2.27. The molecule has 0 aromatic carbocycles. The van der Waals surface area contributed by atoms with E-state index in [9.17, 15) is 4.79 Å². The summed E-state index contributed by atoms with van der Waals surface area (Å²) in [6, 6.07) is 3.40. The number of pyridine rings is 1. The van der Waals surface area contributed by atoms with Gasteiger partial charge < -0.3 is 15.3 Å². The van der Waals surface area contributed by atoms with E-state index in [2.05, 4.69) is 15.2 Å². The van der Waals surface area contributed by atoms with Crippen LogP contribution in [0.25, 0.3) is 0 Å². The number of aromatic nitrogens is 1. The molecule has 1 aromatic rings. The molecule has 1 heterocycles. The molecule has 0 radical (unpaired) electrons. The molecular weight excluding hydrogens is 230 g/mol. The molecule has 0 spiro atoms. The normalized spacial score (nSPS) is 12.5. The number of nitrogens with one attached hydrogen (secondary N) is 1. The lowest BCUT2D eigenvalue weighted by atomic mass is 10.2. The quantitative estimate of drug-likeness (QED) is 0.805. The zero-order valence-corrected chi connectivity index (χ0v) is 11.4. The van der Waals surface area contributed by atoms with Gasteiger partial charge in [-0.1, -0.05) is 6.92 Å². The van der Waals surface area contributed by atoms with E-state index < -0.39 is 5.97 Å². The molecule has 0 saturated carbocycles. The van der Waals surface area contributed by atoms with Gasteiger partial charge in [-0.3, -0.25) is 0 Å². The third kappa shape index (κ3) is 4.33. The van der Waals surface area contributed by atoms with Crippen LogP contribution >= 0.6 is 0 Å². The first-order valence-electron chi connectivity index (χ1n) is 6.08. The minimum Gasteiger partial charge on any atom is -0.478 e. The molecule has 18 heavy (non-hydrogen) atoms. The Morgan fingerprint density at radius 2 is 2.17 bits per heavy atom. The van der Waals surface area contributed by atoms with Gasteiger partial charge in [0.05, 0.1) is 5.56 Å². The van der Waals surface area contributed by atoms with Crippen LogP contribution in [0.1, 0.15) is 29.9 Å². The maximum atomic E-state index is 11.0. The number of carboxylic acids is 1. The number of rotatable bonds is 6. The van der Waals surface area contributed by atoms with Gasteiger partial charge in [0.25, 0.3) is 0 Å². The molecule has 1 aromatic heterocycles. The molecule has 0 saturated heterocycles. The molecule has 1 unspecified atom stereocenters. The first-order valence-corrected chi connectivity index (χ1v) is 6.08. The Morgan fingerprint density at radius 3 is 2.67 bits per heavy atom. The van der Waals surface area contributed by atoms with Crippen molar-refractivity contribution < 1.29 is 9.90 Å². The van der Waals surface area contributed by atoms with Crippen molar-refractivity contribution in [2.75, 3.05) is 26.0 Å². The summed E-state index contributed by atoms with van der Waals surface area (Å²) in [5, 5.41) is 12.3. The largest absolute Gasteiger partial charge is 0.478 e. The Labute approximate surface area is 108 Å². The van der Waals surface area contributed by atoms with E-state index in [-0.39, 0.29) is 11.6 Å². The van der Waals surface area contributed by atoms with Crippen LogP contribution in [0.2, 0.25) is 0 Å². The van der Waals surface area contributed by atoms with E-state index in [1.165, 1.54) is 0 Å². The van der Waals surface area contributed by atoms with Crippen LogP contribution in [0.5, 0.6) is 0 Å². The maximum absolute atomic E-state index is 11.0. The van der Waals surface area contributed by atoms with Crippen molar-refractivity contribution in [3.8, 4) is 0 Å². The number of carbonyl (C=O) groups is 1. The van der Waals surface area contributed by atoms with Crippen LogP contribution in [-0.4, -0.2) is 47.6 Å². The van der Waals surface area contributed by atoms with Crippen molar-refractivity contribution in [2.45, 2.75) is 26.3 Å². The number of likely N-dealkylation sites (N-methyl/N-ethyl adjacent to an activating group) is 1. The number of hydrogen-bond acceptors (Lipinski definition) is 4. The first-order chi connectivity index (χ1) is 8.42. The Hall–Kier alpha value is -1.62. The van der Waals surface area contributed by atoms with E-state index in [1.807, 2.05) is 27.9 Å². The monoisotopic (exact) mass is 251 g/mol. The summed E-state index contributed by atoms with van der Waals surface area (Å²) >= 11 is 0. The zero-order chi connectivity index (χ0) is 13.7. The second-order valence-corrected chi connectivity index (χ2v) is 4.70. The molecule has 2 N–H and O–H groups in total. The van der Waals surface area contributed by atoms with Crippen molar-refractivity contribution in [1.82, 2.24) is 9.88 Å². The number of anilines is 1. The molecule has 100 valence electrons. The smallest absolute Gasteiger partial charge is 0.335 e. The third-order valence-electron chi connectivity index (χ3n) is 2.52. The summed E-state index contributed by atoms with van der Waals surface area (Å²) in [6.45, 7) is 4.86. The van der Waals surface area contributed by atoms with Crippen LogP contribution < -0.4 is 5.32 Å². The van der Waals surface area contributed by atoms with Crippen LogP contribution in [0.15, 0.2) is 12.1 Å². The summed E-state index contributed by atoms with van der Waals surface area (Å²) in [6.07, 6.45) is 0.720. The second kappa shape index (κ2) is 6.35. The van der Waals surface area contributed by atoms with E-state index in [0.717, 1.165) is 18.7 Å². The van der Waals surface area contributed by atoms with Crippen LogP contribution in [0, 0.1) is 0 Å². The molecule has 0 bridgehead atoms. The molecule has 5 nitrogen and oxygen atoms in total. The van der Waals surface area contributed by atoms with Gasteiger partial charge in [-0.05, 0) is 39.6 Å². The van der Waals surface area contributed by atoms with Crippen LogP contribution in [0.4, 0.5) is 5.82 Å². The van der Waals surface area contributed by atoms with Crippen molar-refractivity contribution in [1.29, 1.82) is 0 Å². The highest BCUT2D eigenvalue weighted by atomic mass is 16.4. The summed E-state index contributed by atoms with van der Waals surface area (Å²) in [5.41, 5.74) is 1.07. The Balaban J connectivity index is 2.87. The molecule has 1 atom stereocenters. The number of aryl methyl sites for hydroxylation is 1.